The van der Waals surface area contributed by atoms with Crippen LogP contribution in [0.2, 0.25) is 0 Å². The molecule has 30 heavy (non-hydrogen) atoms. The summed E-state index contributed by atoms with van der Waals surface area (Å²) in [6.45, 7) is 1.41. The molecule has 8 nitrogen and oxygen atoms in total. The van der Waals surface area contributed by atoms with Crippen LogP contribution >= 0.6 is 0 Å². The third kappa shape index (κ3) is 2.79. The standard InChI is InChI=1S/C22H18N6O2/c1-27-7-8-30-18-9-16(11-25-21(18)27)20-19(15-5-3-14(10-23)4-6-15)26-22(29-2)17-12-24-13-28(17)20/h3-6,9,11-13H,7-8H2,1-2H3. The van der Waals surface area contributed by atoms with Crippen LogP contribution in [0, 0.1) is 11.3 Å². The lowest BCUT2D eigenvalue weighted by molar-refractivity contribution is 0.309. The fraction of sp³-hybridized carbons (Fsp3) is 0.182. The van der Waals surface area contributed by atoms with Gasteiger partial charge in [0.15, 0.2) is 11.6 Å². The van der Waals surface area contributed by atoms with Gasteiger partial charge in [-0.25, -0.2) is 15.0 Å². The maximum atomic E-state index is 9.14. The Hall–Kier alpha value is -4.12. The number of ether oxygens (including phenoxy) is 2. The van der Waals surface area contributed by atoms with Crippen molar-refractivity contribution >= 4 is 11.3 Å². The minimum Gasteiger partial charge on any atom is -0.488 e. The van der Waals surface area contributed by atoms with Crippen molar-refractivity contribution in [3.8, 4) is 40.2 Å². The van der Waals surface area contributed by atoms with Crippen LogP contribution in [0.25, 0.3) is 28.0 Å². The average Bonchev–Trinajstić information content (AvgIpc) is 3.28. The maximum absolute atomic E-state index is 9.14. The van der Waals surface area contributed by atoms with E-state index in [-0.39, 0.29) is 0 Å². The Balaban J connectivity index is 1.78. The quantitative estimate of drug-likeness (QED) is 0.524. The molecule has 4 heterocycles. The molecule has 5 rings (SSSR count). The van der Waals surface area contributed by atoms with Crippen LogP contribution in [-0.4, -0.2) is 46.7 Å². The predicted molar refractivity (Wildman–Crippen MR) is 112 cm³/mol. The zero-order valence-corrected chi connectivity index (χ0v) is 16.5. The molecule has 8 heteroatoms. The van der Waals surface area contributed by atoms with Crippen molar-refractivity contribution in [3.05, 3.63) is 54.6 Å². The molecule has 0 unspecified atom stereocenters. The van der Waals surface area contributed by atoms with E-state index in [0.717, 1.165) is 40.4 Å². The van der Waals surface area contributed by atoms with Gasteiger partial charge in [0.25, 0.3) is 0 Å². The Morgan fingerprint density at radius 2 is 2.00 bits per heavy atom. The summed E-state index contributed by atoms with van der Waals surface area (Å²) in [5.41, 5.74) is 4.56. The number of nitriles is 1. The monoisotopic (exact) mass is 398 g/mol. The SMILES string of the molecule is COc1nc(-c2ccc(C#N)cc2)c(-c2cnc3c(c2)OCCN3C)n2cncc12. The molecule has 0 saturated heterocycles. The van der Waals surface area contributed by atoms with E-state index in [4.69, 9.17) is 19.7 Å². The van der Waals surface area contributed by atoms with Crippen LogP contribution in [0.5, 0.6) is 11.6 Å². The van der Waals surface area contributed by atoms with Crippen LogP contribution in [0.1, 0.15) is 5.56 Å². The molecule has 0 radical (unpaired) electrons. The Morgan fingerprint density at radius 3 is 2.77 bits per heavy atom. The largest absolute Gasteiger partial charge is 0.488 e. The molecule has 0 N–H and O–H groups in total. The molecule has 4 aromatic rings. The maximum Gasteiger partial charge on any atom is 0.240 e. The average molecular weight is 398 g/mol. The van der Waals surface area contributed by atoms with E-state index in [1.54, 1.807) is 31.8 Å². The van der Waals surface area contributed by atoms with Gasteiger partial charge in [0.05, 0.1) is 49.2 Å². The number of pyridine rings is 1. The van der Waals surface area contributed by atoms with Crippen molar-refractivity contribution in [2.45, 2.75) is 0 Å². The summed E-state index contributed by atoms with van der Waals surface area (Å²) in [6, 6.07) is 11.4. The van der Waals surface area contributed by atoms with Gasteiger partial charge in [-0.05, 0) is 18.2 Å². The first-order chi connectivity index (χ1) is 14.7. The highest BCUT2D eigenvalue weighted by Gasteiger charge is 2.22. The molecule has 3 aromatic heterocycles. The molecule has 148 valence electrons. The van der Waals surface area contributed by atoms with Gasteiger partial charge >= 0.3 is 0 Å². The summed E-state index contributed by atoms with van der Waals surface area (Å²) in [4.78, 5) is 15.8. The molecule has 1 aromatic carbocycles. The number of likely N-dealkylation sites (N-methyl/N-ethyl adjacent to an activating group) is 1. The van der Waals surface area contributed by atoms with E-state index in [9.17, 15) is 0 Å². The van der Waals surface area contributed by atoms with Crippen molar-refractivity contribution in [1.82, 2.24) is 19.4 Å². The first-order valence-corrected chi connectivity index (χ1v) is 9.44. The fourth-order valence-electron chi connectivity index (χ4n) is 3.65. The number of benzene rings is 1. The van der Waals surface area contributed by atoms with Crippen LogP contribution in [0.15, 0.2) is 49.1 Å². The van der Waals surface area contributed by atoms with Gasteiger partial charge in [0.1, 0.15) is 12.1 Å². The highest BCUT2D eigenvalue weighted by Crippen LogP contribution is 2.38. The Kier molecular flexibility index (Phi) is 4.21. The Labute approximate surface area is 173 Å². The van der Waals surface area contributed by atoms with E-state index < -0.39 is 0 Å². The minimum atomic E-state index is 0.470. The second-order valence-corrected chi connectivity index (χ2v) is 6.97. The molecule has 0 saturated carbocycles. The number of anilines is 1. The lowest BCUT2D eigenvalue weighted by atomic mass is 10.0. The van der Waals surface area contributed by atoms with Gasteiger partial charge in [-0.15, -0.1) is 0 Å². The van der Waals surface area contributed by atoms with E-state index in [0.29, 0.717) is 23.7 Å². The van der Waals surface area contributed by atoms with Crippen molar-refractivity contribution in [2.75, 3.05) is 32.2 Å². The first-order valence-electron chi connectivity index (χ1n) is 9.44. The second kappa shape index (κ2) is 7.04. The van der Waals surface area contributed by atoms with E-state index in [2.05, 4.69) is 20.9 Å². The van der Waals surface area contributed by atoms with Gasteiger partial charge in [-0.2, -0.15) is 5.26 Å². The highest BCUT2D eigenvalue weighted by molar-refractivity contribution is 5.83. The van der Waals surface area contributed by atoms with Crippen molar-refractivity contribution < 1.29 is 9.47 Å². The molecular weight excluding hydrogens is 380 g/mol. The lowest BCUT2D eigenvalue weighted by Crippen LogP contribution is -2.29. The Morgan fingerprint density at radius 1 is 1.17 bits per heavy atom. The number of imidazole rings is 1. The van der Waals surface area contributed by atoms with Gasteiger partial charge < -0.3 is 14.4 Å². The number of methoxy groups -OCH3 is 1. The molecule has 1 aliphatic heterocycles. The zero-order chi connectivity index (χ0) is 20.7. The van der Waals surface area contributed by atoms with Gasteiger partial charge in [-0.3, -0.25) is 4.40 Å². The van der Waals surface area contributed by atoms with Crippen LogP contribution in [-0.2, 0) is 0 Å². The third-order valence-corrected chi connectivity index (χ3v) is 5.17. The number of aromatic nitrogens is 4. The van der Waals surface area contributed by atoms with E-state index in [1.807, 2.05) is 35.8 Å². The Bertz CT molecular complexity index is 1290. The minimum absolute atomic E-state index is 0.470. The van der Waals surface area contributed by atoms with Gasteiger partial charge in [0.2, 0.25) is 5.88 Å². The smallest absolute Gasteiger partial charge is 0.240 e. The summed E-state index contributed by atoms with van der Waals surface area (Å²) >= 11 is 0. The van der Waals surface area contributed by atoms with Crippen molar-refractivity contribution in [1.29, 1.82) is 5.26 Å². The fourth-order valence-corrected chi connectivity index (χ4v) is 3.65. The summed E-state index contributed by atoms with van der Waals surface area (Å²) in [6.07, 6.45) is 5.27. The molecule has 0 bridgehead atoms. The molecule has 0 fully saturated rings. The lowest BCUT2D eigenvalue weighted by Gasteiger charge is -2.26. The summed E-state index contributed by atoms with van der Waals surface area (Å²) in [7, 11) is 3.58. The van der Waals surface area contributed by atoms with Crippen LogP contribution < -0.4 is 14.4 Å². The molecule has 0 amide bonds. The number of fused-ring (bicyclic) bond motifs is 2. The summed E-state index contributed by atoms with van der Waals surface area (Å²) in [5, 5.41) is 9.14. The third-order valence-electron chi connectivity index (χ3n) is 5.17. The number of hydrogen-bond donors (Lipinski definition) is 0. The van der Waals surface area contributed by atoms with E-state index >= 15 is 0 Å². The molecule has 0 atom stereocenters. The highest BCUT2D eigenvalue weighted by atomic mass is 16.5. The van der Waals surface area contributed by atoms with Gasteiger partial charge in [-0.1, -0.05) is 12.1 Å². The van der Waals surface area contributed by atoms with Crippen LogP contribution in [0.3, 0.4) is 0 Å². The topological polar surface area (TPSA) is 88.6 Å². The number of nitrogens with zero attached hydrogens (tertiary/aromatic N) is 6. The number of rotatable bonds is 3. The molecular formula is C22H18N6O2. The second-order valence-electron chi connectivity index (χ2n) is 6.97. The zero-order valence-electron chi connectivity index (χ0n) is 16.5. The van der Waals surface area contributed by atoms with E-state index in [1.165, 1.54) is 0 Å². The normalized spacial score (nSPS) is 12.9. The van der Waals surface area contributed by atoms with Gasteiger partial charge in [0, 0.05) is 24.4 Å². The molecule has 0 aliphatic carbocycles. The summed E-state index contributed by atoms with van der Waals surface area (Å²) < 4.78 is 13.3. The summed E-state index contributed by atoms with van der Waals surface area (Å²) in [5.74, 6) is 2.02. The predicted octanol–water partition coefficient (Wildman–Crippen LogP) is 3.17. The van der Waals surface area contributed by atoms with Crippen molar-refractivity contribution in [3.63, 3.8) is 0 Å². The van der Waals surface area contributed by atoms with Crippen LogP contribution in [0.4, 0.5) is 5.82 Å². The van der Waals surface area contributed by atoms with Crippen molar-refractivity contribution in [2.24, 2.45) is 0 Å². The molecule has 1 aliphatic rings. The first kappa shape index (κ1) is 17.9. The number of hydrogen-bond acceptors (Lipinski definition) is 7. The molecule has 0 spiro atoms.